The van der Waals surface area contributed by atoms with Crippen LogP contribution in [0.15, 0.2) is 36.4 Å². The maximum atomic E-state index is 12.6. The largest absolute Gasteiger partial charge is 0.493 e. The number of methoxy groups -OCH3 is 3. The highest BCUT2D eigenvalue weighted by Crippen LogP contribution is 2.30. The maximum absolute atomic E-state index is 12.6. The van der Waals surface area contributed by atoms with Gasteiger partial charge in [-0.15, -0.1) is 12.4 Å². The molecule has 2 aromatic carbocycles. The van der Waals surface area contributed by atoms with E-state index in [-0.39, 0.29) is 30.8 Å². The van der Waals surface area contributed by atoms with Crippen molar-refractivity contribution in [3.8, 4) is 23.0 Å². The van der Waals surface area contributed by atoms with Crippen LogP contribution in [0, 0.1) is 0 Å². The molecule has 1 unspecified atom stereocenters. The van der Waals surface area contributed by atoms with E-state index >= 15 is 0 Å². The lowest BCUT2D eigenvalue weighted by molar-refractivity contribution is 0.0982. The Morgan fingerprint density at radius 2 is 1.56 bits per heavy atom. The molecular weight excluding hydrogens is 434 g/mol. The van der Waals surface area contributed by atoms with Crippen LogP contribution in [0.5, 0.6) is 23.0 Å². The van der Waals surface area contributed by atoms with Crippen LogP contribution in [-0.4, -0.2) is 57.5 Å². The topological polar surface area (TPSA) is 86.3 Å². The van der Waals surface area contributed by atoms with Crippen LogP contribution in [0.3, 0.4) is 0 Å². The van der Waals surface area contributed by atoms with E-state index in [1.165, 1.54) is 0 Å². The maximum Gasteiger partial charge on any atom is 0.163 e. The molecule has 2 N–H and O–H groups in total. The molecule has 2 rings (SSSR count). The second-order valence-corrected chi connectivity index (χ2v) is 7.51. The van der Waals surface area contributed by atoms with Crippen LogP contribution < -0.4 is 24.3 Å². The van der Waals surface area contributed by atoms with Crippen LogP contribution in [-0.2, 0) is 6.42 Å². The van der Waals surface area contributed by atoms with Crippen molar-refractivity contribution in [2.75, 3.05) is 34.5 Å². The summed E-state index contributed by atoms with van der Waals surface area (Å²) in [4.78, 5) is 12.6. The van der Waals surface area contributed by atoms with Crippen LogP contribution in [0.2, 0.25) is 0 Å². The molecule has 0 aliphatic carbocycles. The van der Waals surface area contributed by atoms with Crippen molar-refractivity contribution in [1.29, 1.82) is 0 Å². The summed E-state index contributed by atoms with van der Waals surface area (Å²) in [6, 6.07) is 11.0. The molecule has 0 fully saturated rings. The van der Waals surface area contributed by atoms with Gasteiger partial charge >= 0.3 is 0 Å². The Morgan fingerprint density at radius 1 is 0.938 bits per heavy atom. The number of rotatable bonds is 13. The van der Waals surface area contributed by atoms with E-state index in [1.54, 1.807) is 39.5 Å². The van der Waals surface area contributed by atoms with Crippen molar-refractivity contribution in [3.63, 3.8) is 0 Å². The Balaban J connectivity index is 0.00000512. The predicted molar refractivity (Wildman–Crippen MR) is 127 cm³/mol. The van der Waals surface area contributed by atoms with E-state index in [0.717, 1.165) is 5.56 Å². The predicted octanol–water partition coefficient (Wildman–Crippen LogP) is 3.69. The Hall–Kier alpha value is -2.48. The van der Waals surface area contributed by atoms with E-state index < -0.39 is 6.10 Å². The summed E-state index contributed by atoms with van der Waals surface area (Å²) in [5.41, 5.74) is 1.52. The van der Waals surface area contributed by atoms with Gasteiger partial charge in [-0.3, -0.25) is 4.79 Å². The highest BCUT2D eigenvalue weighted by molar-refractivity contribution is 5.96. The fraction of sp³-hybridized carbons (Fsp3) is 0.458. The number of ketones is 1. The van der Waals surface area contributed by atoms with E-state index in [9.17, 15) is 9.90 Å². The molecule has 32 heavy (non-hydrogen) atoms. The number of carbonyl (C=O) groups excluding carboxylic acids is 1. The van der Waals surface area contributed by atoms with Gasteiger partial charge in [-0.25, -0.2) is 0 Å². The third-order valence-corrected chi connectivity index (χ3v) is 4.77. The third kappa shape index (κ3) is 8.22. The van der Waals surface area contributed by atoms with Crippen molar-refractivity contribution < 1.29 is 28.8 Å². The molecule has 0 aliphatic heterocycles. The molecule has 0 heterocycles. The van der Waals surface area contributed by atoms with Crippen LogP contribution in [0.4, 0.5) is 0 Å². The molecule has 0 radical (unpaired) electrons. The van der Waals surface area contributed by atoms with Crippen LogP contribution in [0.1, 0.15) is 36.2 Å². The number of Topliss-reactive ketones (excluding diaryl/α,β-unsaturated/α-hetero) is 1. The number of benzene rings is 2. The second kappa shape index (κ2) is 13.8. The fourth-order valence-electron chi connectivity index (χ4n) is 3.02. The summed E-state index contributed by atoms with van der Waals surface area (Å²) in [5, 5.41) is 13.3. The van der Waals surface area contributed by atoms with Gasteiger partial charge in [0.15, 0.2) is 28.8 Å². The van der Waals surface area contributed by atoms with Gasteiger partial charge in [0.25, 0.3) is 0 Å². The summed E-state index contributed by atoms with van der Waals surface area (Å²) in [7, 11) is 4.67. The normalized spacial score (nSPS) is 11.5. The number of halogens is 1. The minimum Gasteiger partial charge on any atom is -0.493 e. The van der Waals surface area contributed by atoms with E-state index in [0.29, 0.717) is 47.9 Å². The Labute approximate surface area is 196 Å². The fourth-order valence-corrected chi connectivity index (χ4v) is 3.02. The number of hydrogen-bond donors (Lipinski definition) is 2. The quantitative estimate of drug-likeness (QED) is 0.434. The number of hydrogen-bond acceptors (Lipinski definition) is 7. The molecule has 0 bridgehead atoms. The molecule has 178 valence electrons. The molecule has 0 aromatic heterocycles. The minimum absolute atomic E-state index is 0. The van der Waals surface area contributed by atoms with Crippen molar-refractivity contribution in [1.82, 2.24) is 5.32 Å². The number of ether oxygens (including phenoxy) is 4. The SMILES string of the molecule is COc1ccc(C(=O)CCc2ccc(OC)c(OCC(O)CNC(C)C)c2)cc1OC.Cl. The average molecular weight is 468 g/mol. The highest BCUT2D eigenvalue weighted by Gasteiger charge is 2.13. The smallest absolute Gasteiger partial charge is 0.163 e. The third-order valence-electron chi connectivity index (χ3n) is 4.77. The molecule has 0 saturated heterocycles. The Bertz CT molecular complexity index is 858. The van der Waals surface area contributed by atoms with Crippen LogP contribution >= 0.6 is 12.4 Å². The monoisotopic (exact) mass is 467 g/mol. The van der Waals surface area contributed by atoms with Gasteiger partial charge in [-0.2, -0.15) is 0 Å². The van der Waals surface area contributed by atoms with Crippen molar-refractivity contribution in [3.05, 3.63) is 47.5 Å². The van der Waals surface area contributed by atoms with E-state index in [2.05, 4.69) is 5.32 Å². The van der Waals surface area contributed by atoms with Gasteiger partial charge in [0.05, 0.1) is 21.3 Å². The average Bonchev–Trinajstić information content (AvgIpc) is 2.79. The zero-order valence-electron chi connectivity index (χ0n) is 19.3. The summed E-state index contributed by atoms with van der Waals surface area (Å²) < 4.78 is 21.6. The van der Waals surface area contributed by atoms with Gasteiger partial charge in [0.1, 0.15) is 12.7 Å². The highest BCUT2D eigenvalue weighted by atomic mass is 35.5. The molecule has 0 spiro atoms. The number of aryl methyl sites for hydroxylation is 1. The van der Waals surface area contributed by atoms with Gasteiger partial charge in [-0.1, -0.05) is 19.9 Å². The zero-order valence-corrected chi connectivity index (χ0v) is 20.2. The standard InChI is InChI=1S/C24H33NO6.ClH/c1-16(2)25-14-19(26)15-31-24-12-17(7-10-22(24)29-4)6-9-20(27)18-8-11-21(28-3)23(13-18)30-5;/h7-8,10-13,16,19,25-26H,6,9,14-15H2,1-5H3;1H. The first-order valence-corrected chi connectivity index (χ1v) is 10.3. The zero-order chi connectivity index (χ0) is 22.8. The van der Waals surface area contributed by atoms with Gasteiger partial charge in [-0.05, 0) is 42.3 Å². The molecule has 2 aromatic rings. The first-order valence-electron chi connectivity index (χ1n) is 10.3. The van der Waals surface area contributed by atoms with Gasteiger partial charge in [0, 0.05) is 24.6 Å². The lowest BCUT2D eigenvalue weighted by Gasteiger charge is -2.17. The minimum atomic E-state index is -0.637. The van der Waals surface area contributed by atoms with E-state index in [4.69, 9.17) is 18.9 Å². The Morgan fingerprint density at radius 3 is 2.19 bits per heavy atom. The Kier molecular flexibility index (Phi) is 11.9. The lowest BCUT2D eigenvalue weighted by atomic mass is 10.0. The van der Waals surface area contributed by atoms with Gasteiger partial charge < -0.3 is 29.4 Å². The molecule has 7 nitrogen and oxygen atoms in total. The summed E-state index contributed by atoms with van der Waals surface area (Å²) in [6.45, 7) is 4.62. The van der Waals surface area contributed by atoms with Gasteiger partial charge in [0.2, 0.25) is 0 Å². The number of aliphatic hydroxyl groups is 1. The summed E-state index contributed by atoms with van der Waals surface area (Å²) >= 11 is 0. The first kappa shape index (κ1) is 27.6. The lowest BCUT2D eigenvalue weighted by Crippen LogP contribution is -2.35. The van der Waals surface area contributed by atoms with E-state index in [1.807, 2.05) is 32.0 Å². The molecule has 1 atom stereocenters. The summed E-state index contributed by atoms with van der Waals surface area (Å²) in [5.74, 6) is 2.25. The van der Waals surface area contributed by atoms with Crippen LogP contribution in [0.25, 0.3) is 0 Å². The second-order valence-electron chi connectivity index (χ2n) is 7.51. The van der Waals surface area contributed by atoms with Crippen molar-refractivity contribution >= 4 is 18.2 Å². The number of nitrogens with one attached hydrogen (secondary N) is 1. The number of carbonyl (C=O) groups is 1. The summed E-state index contributed by atoms with van der Waals surface area (Å²) in [6.07, 6.45) is 0.245. The molecule has 0 aliphatic rings. The molecular formula is C24H34ClNO6. The number of aliphatic hydroxyl groups excluding tert-OH is 1. The van der Waals surface area contributed by atoms with Crippen molar-refractivity contribution in [2.24, 2.45) is 0 Å². The first-order chi connectivity index (χ1) is 14.9. The molecule has 8 heteroatoms. The molecule has 0 amide bonds. The van der Waals surface area contributed by atoms with Crippen molar-refractivity contribution in [2.45, 2.75) is 38.8 Å². The molecule has 0 saturated carbocycles.